The Hall–Kier alpha value is -4.21. The molecule has 0 bridgehead atoms. The minimum Gasteiger partial charge on any atom is -0.467 e. The molecular formula is C21H17N3O7. The number of rotatable bonds is 6. The van der Waals surface area contributed by atoms with E-state index >= 15 is 0 Å². The molecule has 1 unspecified atom stereocenters. The largest absolute Gasteiger partial charge is 0.467 e. The molecule has 10 nitrogen and oxygen atoms in total. The Morgan fingerprint density at radius 3 is 2.65 bits per heavy atom. The third-order valence-corrected chi connectivity index (χ3v) is 4.81. The quantitative estimate of drug-likeness (QED) is 0.336. The Balaban J connectivity index is 1.52. The van der Waals surface area contributed by atoms with Crippen LogP contribution in [0.15, 0.2) is 68.9 Å². The summed E-state index contributed by atoms with van der Waals surface area (Å²) in [5.41, 5.74) is 0.283. The van der Waals surface area contributed by atoms with E-state index in [0.717, 1.165) is 0 Å². The van der Waals surface area contributed by atoms with Crippen molar-refractivity contribution in [2.45, 2.75) is 19.4 Å². The highest BCUT2D eigenvalue weighted by Crippen LogP contribution is 2.33. The number of aryl methyl sites for hydroxylation is 1. The number of ether oxygens (including phenoxy) is 1. The number of carbonyl (C=O) groups is 2. The van der Waals surface area contributed by atoms with E-state index in [1.807, 2.05) is 0 Å². The molecule has 0 fully saturated rings. The Kier molecular flexibility index (Phi) is 5.35. The number of furan rings is 2. The number of amides is 1. The molecule has 0 radical (unpaired) electrons. The van der Waals surface area contributed by atoms with Gasteiger partial charge in [-0.3, -0.25) is 14.9 Å². The number of nitro groups is 1. The molecule has 0 N–H and O–H groups in total. The van der Waals surface area contributed by atoms with Crippen LogP contribution < -0.4 is 0 Å². The van der Waals surface area contributed by atoms with Gasteiger partial charge in [-0.25, -0.2) is 9.80 Å². The zero-order chi connectivity index (χ0) is 22.0. The molecular weight excluding hydrogens is 406 g/mol. The van der Waals surface area contributed by atoms with Crippen LogP contribution in [0.3, 0.4) is 0 Å². The number of nitro benzene ring substituents is 1. The number of hydrazone groups is 1. The number of carbonyl (C=O) groups excluding carboxylic acids is 2. The van der Waals surface area contributed by atoms with Crippen LogP contribution in [-0.4, -0.2) is 34.1 Å². The van der Waals surface area contributed by atoms with Crippen LogP contribution in [0.2, 0.25) is 0 Å². The molecule has 31 heavy (non-hydrogen) atoms. The first kappa shape index (κ1) is 20.1. The molecule has 158 valence electrons. The van der Waals surface area contributed by atoms with Crippen molar-refractivity contribution >= 4 is 23.3 Å². The van der Waals surface area contributed by atoms with Crippen LogP contribution in [0.4, 0.5) is 5.69 Å². The number of hydrogen-bond acceptors (Lipinski definition) is 8. The zero-order valence-electron chi connectivity index (χ0n) is 16.4. The molecule has 3 aromatic rings. The number of benzene rings is 1. The van der Waals surface area contributed by atoms with Gasteiger partial charge in [-0.2, -0.15) is 5.10 Å². The second-order valence-corrected chi connectivity index (χ2v) is 6.80. The van der Waals surface area contributed by atoms with E-state index in [9.17, 15) is 19.7 Å². The standard InChI is InChI=1S/C21H17N3O7/c1-13-5-2-6-14(20(13)24(27)28)21(26)31-12-19(25)23-16(18-8-4-10-30-18)11-15(22-23)17-7-3-9-29-17/h2-10,16H,11-12H2,1H3. The summed E-state index contributed by atoms with van der Waals surface area (Å²) in [6.45, 7) is 0.874. The second-order valence-electron chi connectivity index (χ2n) is 6.80. The Morgan fingerprint density at radius 1 is 1.19 bits per heavy atom. The first-order valence-corrected chi connectivity index (χ1v) is 9.33. The molecule has 1 aliphatic heterocycles. The molecule has 1 atom stereocenters. The van der Waals surface area contributed by atoms with Crippen LogP contribution in [0.25, 0.3) is 0 Å². The highest BCUT2D eigenvalue weighted by molar-refractivity contribution is 6.01. The van der Waals surface area contributed by atoms with E-state index < -0.39 is 29.4 Å². The van der Waals surface area contributed by atoms with E-state index in [0.29, 0.717) is 29.2 Å². The fourth-order valence-corrected chi connectivity index (χ4v) is 3.37. The number of hydrogen-bond donors (Lipinski definition) is 0. The van der Waals surface area contributed by atoms with Crippen molar-refractivity contribution in [2.75, 3.05) is 6.61 Å². The predicted octanol–water partition coefficient (Wildman–Crippen LogP) is 3.62. The maximum absolute atomic E-state index is 12.8. The van der Waals surface area contributed by atoms with Crippen molar-refractivity contribution in [3.63, 3.8) is 0 Å². The van der Waals surface area contributed by atoms with Crippen LogP contribution in [0.5, 0.6) is 0 Å². The van der Waals surface area contributed by atoms with Crippen molar-refractivity contribution in [2.24, 2.45) is 5.10 Å². The highest BCUT2D eigenvalue weighted by atomic mass is 16.6. The highest BCUT2D eigenvalue weighted by Gasteiger charge is 2.36. The van der Waals surface area contributed by atoms with Gasteiger partial charge in [0.2, 0.25) is 0 Å². The topological polar surface area (TPSA) is 128 Å². The molecule has 4 rings (SSSR count). The Bertz CT molecular complexity index is 1150. The second kappa shape index (κ2) is 8.27. The van der Waals surface area contributed by atoms with Crippen molar-refractivity contribution in [1.82, 2.24) is 5.01 Å². The third-order valence-electron chi connectivity index (χ3n) is 4.81. The summed E-state index contributed by atoms with van der Waals surface area (Å²) in [5.74, 6) is -0.544. The fourth-order valence-electron chi connectivity index (χ4n) is 3.37. The molecule has 0 spiro atoms. The van der Waals surface area contributed by atoms with Crippen molar-refractivity contribution < 1.29 is 28.1 Å². The van der Waals surface area contributed by atoms with E-state index in [-0.39, 0.29) is 11.3 Å². The van der Waals surface area contributed by atoms with Gasteiger partial charge >= 0.3 is 5.97 Å². The average molecular weight is 423 g/mol. The molecule has 1 amide bonds. The van der Waals surface area contributed by atoms with Gasteiger partial charge in [0.15, 0.2) is 6.61 Å². The maximum atomic E-state index is 12.8. The number of nitrogens with zero attached hydrogens (tertiary/aromatic N) is 3. The lowest BCUT2D eigenvalue weighted by Gasteiger charge is -2.19. The monoisotopic (exact) mass is 423 g/mol. The van der Waals surface area contributed by atoms with E-state index in [2.05, 4.69) is 5.10 Å². The van der Waals surface area contributed by atoms with Crippen LogP contribution in [-0.2, 0) is 9.53 Å². The van der Waals surface area contributed by atoms with Gasteiger partial charge in [0.05, 0.1) is 17.4 Å². The number of esters is 1. The van der Waals surface area contributed by atoms with Crippen molar-refractivity contribution in [3.05, 3.63) is 87.8 Å². The zero-order valence-corrected chi connectivity index (χ0v) is 16.4. The van der Waals surface area contributed by atoms with Gasteiger partial charge in [0.1, 0.15) is 28.8 Å². The molecule has 3 heterocycles. The van der Waals surface area contributed by atoms with Gasteiger partial charge in [-0.1, -0.05) is 12.1 Å². The van der Waals surface area contributed by atoms with Gasteiger partial charge in [-0.15, -0.1) is 0 Å². The molecule has 2 aromatic heterocycles. The van der Waals surface area contributed by atoms with Crippen LogP contribution >= 0.6 is 0 Å². The maximum Gasteiger partial charge on any atom is 0.345 e. The SMILES string of the molecule is Cc1cccc(C(=O)OCC(=O)N2N=C(c3ccco3)CC2c2ccco2)c1[N+](=O)[O-]. The fraction of sp³-hybridized carbons (Fsp3) is 0.190. The smallest absolute Gasteiger partial charge is 0.345 e. The Labute approximate surface area is 175 Å². The summed E-state index contributed by atoms with van der Waals surface area (Å²) in [4.78, 5) is 35.9. The molecule has 0 saturated carbocycles. The summed E-state index contributed by atoms with van der Waals surface area (Å²) >= 11 is 0. The summed E-state index contributed by atoms with van der Waals surface area (Å²) in [6, 6.07) is 10.6. The van der Waals surface area contributed by atoms with E-state index in [1.165, 1.54) is 42.7 Å². The lowest BCUT2D eigenvalue weighted by molar-refractivity contribution is -0.385. The minimum atomic E-state index is -0.965. The Morgan fingerprint density at radius 2 is 1.97 bits per heavy atom. The van der Waals surface area contributed by atoms with E-state index in [4.69, 9.17) is 13.6 Å². The summed E-state index contributed by atoms with van der Waals surface area (Å²) in [7, 11) is 0. The van der Waals surface area contributed by atoms with Crippen LogP contribution in [0.1, 0.15) is 39.9 Å². The molecule has 0 saturated heterocycles. The predicted molar refractivity (Wildman–Crippen MR) is 106 cm³/mol. The van der Waals surface area contributed by atoms with Gasteiger partial charge in [0.25, 0.3) is 11.6 Å². The average Bonchev–Trinajstić information content (AvgIpc) is 3.51. The van der Waals surface area contributed by atoms with Crippen molar-refractivity contribution in [3.8, 4) is 0 Å². The van der Waals surface area contributed by atoms with Gasteiger partial charge in [0, 0.05) is 12.0 Å². The molecule has 10 heteroatoms. The van der Waals surface area contributed by atoms with E-state index in [1.54, 1.807) is 24.3 Å². The summed E-state index contributed by atoms with van der Waals surface area (Å²) < 4.78 is 15.9. The minimum absolute atomic E-state index is 0.221. The van der Waals surface area contributed by atoms with Crippen molar-refractivity contribution in [1.29, 1.82) is 0 Å². The third kappa shape index (κ3) is 3.95. The first-order valence-electron chi connectivity index (χ1n) is 9.33. The molecule has 1 aliphatic rings. The molecule has 1 aromatic carbocycles. The normalized spacial score (nSPS) is 15.6. The lowest BCUT2D eigenvalue weighted by Crippen LogP contribution is -2.31. The summed E-state index contributed by atoms with van der Waals surface area (Å²) in [6.07, 6.45) is 3.34. The van der Waals surface area contributed by atoms with Gasteiger partial charge in [-0.05, 0) is 37.3 Å². The van der Waals surface area contributed by atoms with Gasteiger partial charge < -0.3 is 13.6 Å². The van der Waals surface area contributed by atoms with Crippen LogP contribution in [0, 0.1) is 17.0 Å². The first-order chi connectivity index (χ1) is 15.0. The molecule has 0 aliphatic carbocycles. The summed E-state index contributed by atoms with van der Waals surface area (Å²) in [5, 5.41) is 16.8. The lowest BCUT2D eigenvalue weighted by atomic mass is 10.1. The number of para-hydroxylation sites is 1.